The number of nitrogens with one attached hydrogen (secondary N) is 1. The number of carbonyl (C=O) groups is 1. The molecule has 0 spiro atoms. The maximum Gasteiger partial charge on any atom is 0.251 e. The van der Waals surface area contributed by atoms with Gasteiger partial charge in [0.05, 0.1) is 0 Å². The summed E-state index contributed by atoms with van der Waals surface area (Å²) in [5, 5.41) is 3.05. The first-order valence-corrected chi connectivity index (χ1v) is 7.30. The van der Waals surface area contributed by atoms with Gasteiger partial charge in [0.25, 0.3) is 5.91 Å². The minimum absolute atomic E-state index is 0.0152. The van der Waals surface area contributed by atoms with Crippen molar-refractivity contribution in [1.29, 1.82) is 0 Å². The molecule has 0 aromatic heterocycles. The highest BCUT2D eigenvalue weighted by atomic mass is 79.9. The molecule has 1 rings (SSSR count). The van der Waals surface area contributed by atoms with Crippen molar-refractivity contribution in [2.24, 2.45) is 5.92 Å². The molecule has 1 aromatic rings. The third-order valence-corrected chi connectivity index (χ3v) is 4.14. The van der Waals surface area contributed by atoms with Crippen LogP contribution in [0.15, 0.2) is 22.7 Å². The lowest BCUT2D eigenvalue weighted by Crippen LogP contribution is -2.33. The van der Waals surface area contributed by atoms with E-state index in [1.807, 2.05) is 25.1 Å². The molecule has 1 amide bonds. The Balaban J connectivity index is 2.62. The second-order valence-corrected chi connectivity index (χ2v) is 5.94. The molecule has 0 radical (unpaired) electrons. The van der Waals surface area contributed by atoms with Crippen LogP contribution < -0.4 is 5.32 Å². The normalized spacial score (nSPS) is 14.1. The van der Waals surface area contributed by atoms with Crippen LogP contribution in [-0.4, -0.2) is 11.9 Å². The molecule has 1 N–H and O–H groups in total. The van der Waals surface area contributed by atoms with Gasteiger partial charge < -0.3 is 5.32 Å². The fraction of sp³-hybridized carbons (Fsp3) is 0.533. The SMILES string of the molecule is CCC(C)CC(C)NC(=O)c1ccc(Br)c(C)c1. The van der Waals surface area contributed by atoms with Crippen LogP contribution >= 0.6 is 15.9 Å². The zero-order chi connectivity index (χ0) is 13.7. The van der Waals surface area contributed by atoms with Gasteiger partial charge in [-0.1, -0.05) is 36.2 Å². The van der Waals surface area contributed by atoms with E-state index in [1.165, 1.54) is 0 Å². The van der Waals surface area contributed by atoms with Crippen LogP contribution in [0.4, 0.5) is 0 Å². The number of carbonyl (C=O) groups excluding carboxylic acids is 1. The molecule has 2 nitrogen and oxygen atoms in total. The number of aryl methyl sites for hydroxylation is 1. The average molecular weight is 312 g/mol. The van der Waals surface area contributed by atoms with Crippen LogP contribution in [0.3, 0.4) is 0 Å². The van der Waals surface area contributed by atoms with Crippen molar-refractivity contribution in [3.63, 3.8) is 0 Å². The van der Waals surface area contributed by atoms with E-state index in [1.54, 1.807) is 0 Å². The Labute approximate surface area is 118 Å². The quantitative estimate of drug-likeness (QED) is 0.862. The molecule has 1 aromatic carbocycles. The molecule has 0 heterocycles. The zero-order valence-corrected chi connectivity index (χ0v) is 13.2. The van der Waals surface area contributed by atoms with Crippen molar-refractivity contribution >= 4 is 21.8 Å². The van der Waals surface area contributed by atoms with E-state index in [4.69, 9.17) is 0 Å². The second-order valence-electron chi connectivity index (χ2n) is 5.09. The first kappa shape index (κ1) is 15.2. The van der Waals surface area contributed by atoms with Crippen molar-refractivity contribution < 1.29 is 4.79 Å². The lowest BCUT2D eigenvalue weighted by molar-refractivity contribution is 0.0935. The molecule has 0 saturated carbocycles. The third-order valence-electron chi connectivity index (χ3n) is 3.25. The highest BCUT2D eigenvalue weighted by Crippen LogP contribution is 2.17. The molecule has 0 bridgehead atoms. The molecule has 0 aliphatic rings. The standard InChI is InChI=1S/C15H22BrNO/c1-5-10(2)8-12(4)17-15(18)13-6-7-14(16)11(3)9-13/h6-7,9-10,12H,5,8H2,1-4H3,(H,17,18). The highest BCUT2D eigenvalue weighted by molar-refractivity contribution is 9.10. The Hall–Kier alpha value is -0.830. The fourth-order valence-corrected chi connectivity index (χ4v) is 2.17. The Bertz CT molecular complexity index is 417. The van der Waals surface area contributed by atoms with Gasteiger partial charge in [0.2, 0.25) is 0 Å². The van der Waals surface area contributed by atoms with E-state index < -0.39 is 0 Å². The summed E-state index contributed by atoms with van der Waals surface area (Å²) >= 11 is 3.44. The third kappa shape index (κ3) is 4.45. The van der Waals surface area contributed by atoms with Crippen LogP contribution in [0.1, 0.15) is 49.5 Å². The second kappa shape index (κ2) is 6.93. The van der Waals surface area contributed by atoms with E-state index >= 15 is 0 Å². The van der Waals surface area contributed by atoms with Gasteiger partial charge in [-0.15, -0.1) is 0 Å². The number of halogens is 1. The minimum atomic E-state index is 0.0152. The van der Waals surface area contributed by atoms with Crippen molar-refractivity contribution in [1.82, 2.24) is 5.32 Å². The van der Waals surface area contributed by atoms with Gasteiger partial charge in [-0.2, -0.15) is 0 Å². The first-order valence-electron chi connectivity index (χ1n) is 6.51. The van der Waals surface area contributed by atoms with Gasteiger partial charge in [0.1, 0.15) is 0 Å². The number of benzene rings is 1. The summed E-state index contributed by atoms with van der Waals surface area (Å²) in [7, 11) is 0. The molecule has 3 heteroatoms. The van der Waals surface area contributed by atoms with Gasteiger partial charge in [-0.3, -0.25) is 4.79 Å². The molecule has 2 atom stereocenters. The lowest BCUT2D eigenvalue weighted by Gasteiger charge is -2.17. The van der Waals surface area contributed by atoms with Crippen molar-refractivity contribution in [2.45, 2.75) is 46.6 Å². The summed E-state index contributed by atoms with van der Waals surface area (Å²) in [4.78, 5) is 12.1. The predicted octanol–water partition coefficient (Wildman–Crippen LogP) is 4.31. The molecule has 0 aliphatic heterocycles. The number of hydrogen-bond acceptors (Lipinski definition) is 1. The highest BCUT2D eigenvalue weighted by Gasteiger charge is 2.12. The lowest BCUT2D eigenvalue weighted by atomic mass is 10.00. The monoisotopic (exact) mass is 311 g/mol. The van der Waals surface area contributed by atoms with Crippen LogP contribution in [0.25, 0.3) is 0 Å². The van der Waals surface area contributed by atoms with Crippen LogP contribution in [0.2, 0.25) is 0 Å². The van der Waals surface area contributed by atoms with E-state index in [0.717, 1.165) is 28.4 Å². The molecular weight excluding hydrogens is 290 g/mol. The van der Waals surface area contributed by atoms with Crippen LogP contribution in [0.5, 0.6) is 0 Å². The van der Waals surface area contributed by atoms with E-state index in [0.29, 0.717) is 5.92 Å². The van der Waals surface area contributed by atoms with Crippen molar-refractivity contribution in [2.75, 3.05) is 0 Å². The molecule has 100 valence electrons. The van der Waals surface area contributed by atoms with Crippen LogP contribution in [0, 0.1) is 12.8 Å². The molecular formula is C15H22BrNO. The maximum atomic E-state index is 12.1. The minimum Gasteiger partial charge on any atom is -0.350 e. The average Bonchev–Trinajstić information content (AvgIpc) is 2.32. The molecule has 0 saturated heterocycles. The fourth-order valence-electron chi connectivity index (χ4n) is 1.92. The van der Waals surface area contributed by atoms with Gasteiger partial charge in [-0.25, -0.2) is 0 Å². The number of rotatable bonds is 5. The summed E-state index contributed by atoms with van der Waals surface area (Å²) in [5.74, 6) is 0.661. The molecule has 0 fully saturated rings. The Morgan fingerprint density at radius 3 is 2.61 bits per heavy atom. The Morgan fingerprint density at radius 1 is 1.39 bits per heavy atom. The van der Waals surface area contributed by atoms with Gasteiger partial charge in [-0.05, 0) is 49.9 Å². The summed E-state index contributed by atoms with van der Waals surface area (Å²) in [6.07, 6.45) is 2.18. The number of hydrogen-bond donors (Lipinski definition) is 1. The van der Waals surface area contributed by atoms with E-state index in [-0.39, 0.29) is 11.9 Å². The summed E-state index contributed by atoms with van der Waals surface area (Å²) in [6, 6.07) is 5.90. The maximum absolute atomic E-state index is 12.1. The van der Waals surface area contributed by atoms with E-state index in [9.17, 15) is 4.79 Å². The summed E-state index contributed by atoms with van der Waals surface area (Å²) < 4.78 is 1.03. The first-order chi connectivity index (χ1) is 8.43. The Morgan fingerprint density at radius 2 is 2.06 bits per heavy atom. The van der Waals surface area contributed by atoms with Gasteiger partial charge in [0.15, 0.2) is 0 Å². The Kier molecular flexibility index (Phi) is 5.86. The summed E-state index contributed by atoms with van der Waals surface area (Å²) in [6.45, 7) is 8.45. The number of amides is 1. The summed E-state index contributed by atoms with van der Waals surface area (Å²) in [5.41, 5.74) is 1.81. The van der Waals surface area contributed by atoms with Crippen LogP contribution in [-0.2, 0) is 0 Å². The molecule has 2 unspecified atom stereocenters. The van der Waals surface area contributed by atoms with Crippen molar-refractivity contribution in [3.8, 4) is 0 Å². The largest absolute Gasteiger partial charge is 0.350 e. The topological polar surface area (TPSA) is 29.1 Å². The zero-order valence-electron chi connectivity index (χ0n) is 11.6. The van der Waals surface area contributed by atoms with Crippen molar-refractivity contribution in [3.05, 3.63) is 33.8 Å². The van der Waals surface area contributed by atoms with Gasteiger partial charge >= 0.3 is 0 Å². The molecule has 0 aliphatic carbocycles. The van der Waals surface area contributed by atoms with Gasteiger partial charge in [0, 0.05) is 16.1 Å². The molecule has 18 heavy (non-hydrogen) atoms. The smallest absolute Gasteiger partial charge is 0.251 e. The van der Waals surface area contributed by atoms with E-state index in [2.05, 4.69) is 42.0 Å². The predicted molar refractivity (Wildman–Crippen MR) is 79.9 cm³/mol.